The number of piperidine rings is 1. The standard InChI is InChI=1S/C18H25N3O2S/c22-17(19-9-12-20-10-5-2-6-11-20)16-13-24-14-21(16)18(23)15-7-3-1-4-8-15/h1,3-4,7-8,16H,2,5-6,9-14H2,(H,19,22). The van der Waals surface area contributed by atoms with Crippen LogP contribution in [0.5, 0.6) is 0 Å². The third-order valence-corrected chi connectivity index (χ3v) is 5.65. The molecule has 2 heterocycles. The summed E-state index contributed by atoms with van der Waals surface area (Å²) in [5, 5.41) is 3.02. The summed E-state index contributed by atoms with van der Waals surface area (Å²) in [4.78, 5) is 29.2. The number of benzene rings is 1. The number of carbonyl (C=O) groups excluding carboxylic acids is 2. The molecule has 2 aliphatic heterocycles. The molecule has 3 rings (SSSR count). The molecule has 1 N–H and O–H groups in total. The minimum Gasteiger partial charge on any atom is -0.353 e. The number of likely N-dealkylation sites (tertiary alicyclic amines) is 1. The largest absolute Gasteiger partial charge is 0.353 e. The Hall–Kier alpha value is -1.53. The summed E-state index contributed by atoms with van der Waals surface area (Å²) in [5.41, 5.74) is 0.645. The minimum absolute atomic E-state index is 0.0266. The molecular weight excluding hydrogens is 322 g/mol. The van der Waals surface area contributed by atoms with E-state index in [4.69, 9.17) is 0 Å². The van der Waals surface area contributed by atoms with Gasteiger partial charge in [-0.3, -0.25) is 9.59 Å². The summed E-state index contributed by atoms with van der Waals surface area (Å²) in [5.74, 6) is 1.17. The van der Waals surface area contributed by atoms with Crippen LogP contribution in [0.3, 0.4) is 0 Å². The molecule has 2 saturated heterocycles. The zero-order valence-electron chi connectivity index (χ0n) is 13.9. The van der Waals surface area contributed by atoms with Crippen LogP contribution in [0.25, 0.3) is 0 Å². The van der Waals surface area contributed by atoms with Gasteiger partial charge in [-0.15, -0.1) is 11.8 Å². The number of hydrogen-bond acceptors (Lipinski definition) is 4. The smallest absolute Gasteiger partial charge is 0.255 e. The van der Waals surface area contributed by atoms with E-state index in [2.05, 4.69) is 10.2 Å². The van der Waals surface area contributed by atoms with Crippen LogP contribution < -0.4 is 5.32 Å². The third kappa shape index (κ3) is 4.30. The van der Waals surface area contributed by atoms with Crippen molar-refractivity contribution in [1.29, 1.82) is 0 Å². The lowest BCUT2D eigenvalue weighted by molar-refractivity contribution is -0.124. The predicted molar refractivity (Wildman–Crippen MR) is 97.0 cm³/mol. The van der Waals surface area contributed by atoms with E-state index in [9.17, 15) is 9.59 Å². The molecule has 1 aromatic carbocycles. The van der Waals surface area contributed by atoms with E-state index in [0.29, 0.717) is 23.7 Å². The molecule has 1 atom stereocenters. The topological polar surface area (TPSA) is 52.7 Å². The molecule has 0 bridgehead atoms. The molecule has 1 aromatic rings. The molecule has 0 radical (unpaired) electrons. The summed E-state index contributed by atoms with van der Waals surface area (Å²) < 4.78 is 0. The van der Waals surface area contributed by atoms with Crippen molar-refractivity contribution in [2.24, 2.45) is 0 Å². The second kappa shape index (κ2) is 8.53. The fraction of sp³-hybridized carbons (Fsp3) is 0.556. The Morgan fingerprint density at radius 3 is 2.62 bits per heavy atom. The highest BCUT2D eigenvalue weighted by Gasteiger charge is 2.34. The fourth-order valence-corrected chi connectivity index (χ4v) is 4.40. The average Bonchev–Trinajstić information content (AvgIpc) is 3.12. The molecule has 0 spiro atoms. The number of carbonyl (C=O) groups is 2. The number of nitrogens with one attached hydrogen (secondary N) is 1. The van der Waals surface area contributed by atoms with Crippen LogP contribution in [-0.2, 0) is 4.79 Å². The summed E-state index contributed by atoms with van der Waals surface area (Å²) in [6, 6.07) is 8.84. The lowest BCUT2D eigenvalue weighted by Gasteiger charge is -2.27. The van der Waals surface area contributed by atoms with E-state index in [0.717, 1.165) is 19.6 Å². The van der Waals surface area contributed by atoms with Gasteiger partial charge in [-0.05, 0) is 38.1 Å². The molecule has 2 aliphatic rings. The Bertz CT molecular complexity index is 561. The predicted octanol–water partition coefficient (Wildman–Crippen LogP) is 1.80. The van der Waals surface area contributed by atoms with E-state index in [-0.39, 0.29) is 17.9 Å². The SMILES string of the molecule is O=C(NCCN1CCCCC1)C1CSCN1C(=O)c1ccccc1. The lowest BCUT2D eigenvalue weighted by Crippen LogP contribution is -2.48. The number of rotatable bonds is 5. The van der Waals surface area contributed by atoms with Gasteiger partial charge in [-0.25, -0.2) is 0 Å². The monoisotopic (exact) mass is 347 g/mol. The number of amides is 2. The number of hydrogen-bond donors (Lipinski definition) is 1. The maximum absolute atomic E-state index is 12.6. The van der Waals surface area contributed by atoms with E-state index in [1.54, 1.807) is 28.8 Å². The van der Waals surface area contributed by atoms with Gasteiger partial charge in [0.1, 0.15) is 6.04 Å². The molecule has 2 fully saturated rings. The summed E-state index contributed by atoms with van der Waals surface area (Å²) in [6.07, 6.45) is 3.83. The first-order chi connectivity index (χ1) is 11.8. The number of thioether (sulfide) groups is 1. The second-order valence-corrected chi connectivity index (χ2v) is 7.35. The molecule has 0 saturated carbocycles. The van der Waals surface area contributed by atoms with E-state index in [1.165, 1.54) is 19.3 Å². The Labute approximate surface area is 147 Å². The maximum atomic E-state index is 12.6. The van der Waals surface area contributed by atoms with Crippen LogP contribution in [0.15, 0.2) is 30.3 Å². The van der Waals surface area contributed by atoms with Crippen LogP contribution in [-0.4, -0.2) is 65.5 Å². The zero-order valence-corrected chi connectivity index (χ0v) is 14.8. The highest BCUT2D eigenvalue weighted by atomic mass is 32.2. The van der Waals surface area contributed by atoms with Crippen molar-refractivity contribution in [3.8, 4) is 0 Å². The van der Waals surface area contributed by atoms with Crippen LogP contribution in [0.1, 0.15) is 29.6 Å². The molecular formula is C18H25N3O2S. The van der Waals surface area contributed by atoms with Gasteiger partial charge in [0.15, 0.2) is 0 Å². The maximum Gasteiger partial charge on any atom is 0.255 e. The quantitative estimate of drug-likeness (QED) is 0.883. The molecule has 5 nitrogen and oxygen atoms in total. The Balaban J connectivity index is 1.51. The van der Waals surface area contributed by atoms with Crippen molar-refractivity contribution >= 4 is 23.6 Å². The molecule has 24 heavy (non-hydrogen) atoms. The van der Waals surface area contributed by atoms with Gasteiger partial charge in [-0.2, -0.15) is 0 Å². The summed E-state index contributed by atoms with van der Waals surface area (Å²) in [7, 11) is 0. The number of nitrogens with zero attached hydrogens (tertiary/aromatic N) is 2. The third-order valence-electron chi connectivity index (χ3n) is 4.64. The lowest BCUT2D eigenvalue weighted by atomic mass is 10.1. The van der Waals surface area contributed by atoms with Gasteiger partial charge >= 0.3 is 0 Å². The van der Waals surface area contributed by atoms with Crippen molar-refractivity contribution in [2.45, 2.75) is 25.3 Å². The molecule has 2 amide bonds. The van der Waals surface area contributed by atoms with Crippen LogP contribution >= 0.6 is 11.8 Å². The van der Waals surface area contributed by atoms with Crippen molar-refractivity contribution in [1.82, 2.24) is 15.1 Å². The highest BCUT2D eigenvalue weighted by Crippen LogP contribution is 2.23. The first-order valence-corrected chi connectivity index (χ1v) is 9.85. The minimum atomic E-state index is -0.357. The highest BCUT2D eigenvalue weighted by molar-refractivity contribution is 7.99. The zero-order chi connectivity index (χ0) is 16.8. The normalized spacial score (nSPS) is 21.7. The molecule has 1 unspecified atom stereocenters. The molecule has 0 aliphatic carbocycles. The fourth-order valence-electron chi connectivity index (χ4n) is 3.24. The first-order valence-electron chi connectivity index (χ1n) is 8.69. The van der Waals surface area contributed by atoms with Gasteiger partial charge in [0.2, 0.25) is 5.91 Å². The van der Waals surface area contributed by atoms with Gasteiger partial charge in [0.25, 0.3) is 5.91 Å². The van der Waals surface area contributed by atoms with Gasteiger partial charge in [0.05, 0.1) is 5.88 Å². The van der Waals surface area contributed by atoms with Crippen LogP contribution in [0, 0.1) is 0 Å². The van der Waals surface area contributed by atoms with Crippen molar-refractivity contribution in [2.75, 3.05) is 37.8 Å². The van der Waals surface area contributed by atoms with Crippen molar-refractivity contribution in [3.05, 3.63) is 35.9 Å². The Kier molecular flexibility index (Phi) is 6.15. The summed E-state index contributed by atoms with van der Waals surface area (Å²) >= 11 is 1.64. The average molecular weight is 347 g/mol. The van der Waals surface area contributed by atoms with E-state index < -0.39 is 0 Å². The molecule has 6 heteroatoms. The summed E-state index contributed by atoms with van der Waals surface area (Å²) in [6.45, 7) is 3.83. The van der Waals surface area contributed by atoms with Crippen LogP contribution in [0.2, 0.25) is 0 Å². The Morgan fingerprint density at radius 1 is 1.12 bits per heavy atom. The van der Waals surface area contributed by atoms with Crippen molar-refractivity contribution in [3.63, 3.8) is 0 Å². The van der Waals surface area contributed by atoms with Gasteiger partial charge < -0.3 is 15.1 Å². The van der Waals surface area contributed by atoms with Crippen molar-refractivity contribution < 1.29 is 9.59 Å². The van der Waals surface area contributed by atoms with E-state index >= 15 is 0 Å². The van der Waals surface area contributed by atoms with Gasteiger partial charge in [0, 0.05) is 24.4 Å². The van der Waals surface area contributed by atoms with Crippen LogP contribution in [0.4, 0.5) is 0 Å². The second-order valence-electron chi connectivity index (χ2n) is 6.35. The van der Waals surface area contributed by atoms with Gasteiger partial charge in [-0.1, -0.05) is 24.6 Å². The Morgan fingerprint density at radius 2 is 1.88 bits per heavy atom. The first kappa shape index (κ1) is 17.3. The van der Waals surface area contributed by atoms with E-state index in [1.807, 2.05) is 18.2 Å². The molecule has 130 valence electrons. The molecule has 0 aromatic heterocycles.